The number of hydrogen-bond acceptors (Lipinski definition) is 4. The minimum Gasteiger partial charge on any atom is -0.347 e. The van der Waals surface area contributed by atoms with Crippen molar-refractivity contribution >= 4 is 46.4 Å². The lowest BCUT2D eigenvalue weighted by molar-refractivity contribution is 0.552. The second-order valence-electron chi connectivity index (χ2n) is 7.18. The quantitative estimate of drug-likeness (QED) is 0.173. The van der Waals surface area contributed by atoms with Crippen molar-refractivity contribution in [1.29, 1.82) is 0 Å². The van der Waals surface area contributed by atoms with Gasteiger partial charge in [0.15, 0.2) is 0 Å². The second-order valence-corrected chi connectivity index (χ2v) is 9.32. The van der Waals surface area contributed by atoms with Crippen LogP contribution in [0.5, 0.6) is 0 Å². The summed E-state index contributed by atoms with van der Waals surface area (Å²) in [6.07, 6.45) is 20.2. The van der Waals surface area contributed by atoms with Gasteiger partial charge in [0.2, 0.25) is 0 Å². The van der Waals surface area contributed by atoms with Crippen LogP contribution in [0.2, 0.25) is 0 Å². The van der Waals surface area contributed by atoms with Gasteiger partial charge in [0.05, 0.1) is 10.7 Å². The highest BCUT2D eigenvalue weighted by molar-refractivity contribution is 7.99. The summed E-state index contributed by atoms with van der Waals surface area (Å²) in [4.78, 5) is 6.82. The number of thioether (sulfide) groups is 2. The summed E-state index contributed by atoms with van der Waals surface area (Å²) >= 11 is 9.03. The van der Waals surface area contributed by atoms with Gasteiger partial charge in [-0.15, -0.1) is 23.5 Å². The first kappa shape index (κ1) is 24.8. The highest BCUT2D eigenvalue weighted by Crippen LogP contribution is 2.33. The molecule has 5 heteroatoms. The Morgan fingerprint density at radius 1 is 0.926 bits per heavy atom. The Bertz CT molecular complexity index is 521. The zero-order valence-corrected chi connectivity index (χ0v) is 20.2. The molecule has 1 aromatic rings. The molecule has 0 aliphatic heterocycles. The van der Waals surface area contributed by atoms with Gasteiger partial charge in [0, 0.05) is 10.6 Å². The molecule has 0 saturated heterocycles. The average Bonchev–Trinajstić information content (AvgIpc) is 2.67. The number of hydrogen-bond donors (Lipinski definition) is 1. The van der Waals surface area contributed by atoms with Crippen molar-refractivity contribution in [2.24, 2.45) is 0 Å². The summed E-state index contributed by atoms with van der Waals surface area (Å²) in [5.41, 5.74) is 2.15. The van der Waals surface area contributed by atoms with Gasteiger partial charge < -0.3 is 5.32 Å². The number of anilines is 1. The van der Waals surface area contributed by atoms with Crippen LogP contribution in [-0.2, 0) is 0 Å². The van der Waals surface area contributed by atoms with Crippen LogP contribution in [0.3, 0.4) is 0 Å². The molecule has 1 aromatic heterocycles. The maximum atomic E-state index is 5.60. The Kier molecular flexibility index (Phi) is 14.4. The number of aryl methyl sites for hydroxylation is 1. The summed E-state index contributed by atoms with van der Waals surface area (Å²) in [5, 5.41) is 4.51. The fraction of sp³-hybridized carbons (Fsp3) is 0.727. The van der Waals surface area contributed by atoms with E-state index in [1.807, 2.05) is 6.92 Å². The van der Waals surface area contributed by atoms with Crippen molar-refractivity contribution in [1.82, 2.24) is 4.98 Å². The predicted molar refractivity (Wildman–Crippen MR) is 130 cm³/mol. The molecule has 0 unspecified atom stereocenters. The highest BCUT2D eigenvalue weighted by Gasteiger charge is 2.12. The molecule has 0 aliphatic rings. The minimum atomic E-state index is 0.946. The Morgan fingerprint density at radius 2 is 1.48 bits per heavy atom. The zero-order valence-electron chi connectivity index (χ0n) is 17.7. The SMILES string of the molecule is CCCCCCCCCCCCCC(=S)Nc1c(SC)cc(C)nc1SC. The van der Waals surface area contributed by atoms with E-state index in [-0.39, 0.29) is 0 Å². The minimum absolute atomic E-state index is 0.946. The Labute approximate surface area is 181 Å². The number of unbranched alkanes of at least 4 members (excludes halogenated alkanes) is 10. The third-order valence-corrected chi connectivity index (χ3v) is 6.51. The van der Waals surface area contributed by atoms with Crippen molar-refractivity contribution in [3.05, 3.63) is 11.8 Å². The molecule has 0 saturated carbocycles. The number of nitrogens with one attached hydrogen (secondary N) is 1. The monoisotopic (exact) mass is 426 g/mol. The molecule has 0 aliphatic carbocycles. The molecule has 0 bridgehead atoms. The van der Waals surface area contributed by atoms with E-state index in [9.17, 15) is 0 Å². The topological polar surface area (TPSA) is 24.9 Å². The predicted octanol–water partition coefficient (Wildman–Crippen LogP) is 8.27. The highest BCUT2D eigenvalue weighted by atomic mass is 32.2. The molecule has 154 valence electrons. The summed E-state index contributed by atoms with van der Waals surface area (Å²) in [5.74, 6) is 0. The molecule has 1 rings (SSSR count). The number of thiocarbonyl (C=S) groups is 1. The number of pyridine rings is 1. The van der Waals surface area contributed by atoms with Crippen LogP contribution in [0.25, 0.3) is 0 Å². The van der Waals surface area contributed by atoms with Gasteiger partial charge in [-0.3, -0.25) is 0 Å². The first-order valence-electron chi connectivity index (χ1n) is 10.5. The second kappa shape index (κ2) is 15.6. The van der Waals surface area contributed by atoms with Crippen LogP contribution in [0.1, 0.15) is 89.7 Å². The van der Waals surface area contributed by atoms with E-state index in [1.165, 1.54) is 75.5 Å². The fourth-order valence-corrected chi connectivity index (χ4v) is 4.74. The molecular formula is C22H38N2S3. The molecule has 0 atom stereocenters. The van der Waals surface area contributed by atoms with Crippen LogP contribution in [0.15, 0.2) is 16.0 Å². The molecule has 0 fully saturated rings. The van der Waals surface area contributed by atoms with Crippen molar-refractivity contribution < 1.29 is 0 Å². The first-order valence-corrected chi connectivity index (χ1v) is 13.4. The van der Waals surface area contributed by atoms with E-state index in [1.54, 1.807) is 23.5 Å². The molecule has 1 N–H and O–H groups in total. The van der Waals surface area contributed by atoms with Crippen molar-refractivity contribution in [2.75, 3.05) is 17.8 Å². The lowest BCUT2D eigenvalue weighted by Gasteiger charge is -2.15. The summed E-state index contributed by atoms with van der Waals surface area (Å²) in [7, 11) is 0. The van der Waals surface area contributed by atoms with Crippen molar-refractivity contribution in [3.63, 3.8) is 0 Å². The molecule has 0 radical (unpaired) electrons. The largest absolute Gasteiger partial charge is 0.347 e. The fourth-order valence-electron chi connectivity index (χ4n) is 3.19. The van der Waals surface area contributed by atoms with Crippen LogP contribution in [0.4, 0.5) is 5.69 Å². The third-order valence-electron chi connectivity index (χ3n) is 4.76. The first-order chi connectivity index (χ1) is 13.1. The number of aromatic nitrogens is 1. The summed E-state index contributed by atoms with van der Waals surface area (Å²) in [6.45, 7) is 4.33. The Hall–Kier alpha value is -0.260. The maximum absolute atomic E-state index is 5.60. The van der Waals surface area contributed by atoms with E-state index in [2.05, 4.69) is 35.8 Å². The zero-order chi connectivity index (χ0) is 19.9. The van der Waals surface area contributed by atoms with Gasteiger partial charge >= 0.3 is 0 Å². The summed E-state index contributed by atoms with van der Waals surface area (Å²) < 4.78 is 0. The van der Waals surface area contributed by atoms with E-state index in [4.69, 9.17) is 12.2 Å². The molecule has 0 spiro atoms. The van der Waals surface area contributed by atoms with Gasteiger partial charge in [-0.2, -0.15) is 0 Å². The molecule has 2 nitrogen and oxygen atoms in total. The van der Waals surface area contributed by atoms with Crippen LogP contribution < -0.4 is 5.32 Å². The van der Waals surface area contributed by atoms with E-state index in [0.29, 0.717) is 0 Å². The molecule has 0 aromatic carbocycles. The van der Waals surface area contributed by atoms with Crippen LogP contribution in [0, 0.1) is 6.92 Å². The Morgan fingerprint density at radius 3 is 2.00 bits per heavy atom. The normalized spacial score (nSPS) is 11.0. The number of nitrogens with zero attached hydrogens (tertiary/aromatic N) is 1. The van der Waals surface area contributed by atoms with E-state index in [0.717, 1.165) is 27.8 Å². The molecule has 1 heterocycles. The van der Waals surface area contributed by atoms with Gasteiger partial charge in [0.1, 0.15) is 5.03 Å². The average molecular weight is 427 g/mol. The molecule has 0 amide bonds. The van der Waals surface area contributed by atoms with E-state index >= 15 is 0 Å². The molecular weight excluding hydrogens is 388 g/mol. The van der Waals surface area contributed by atoms with Gasteiger partial charge in [-0.1, -0.05) is 83.3 Å². The van der Waals surface area contributed by atoms with E-state index < -0.39 is 0 Å². The standard InChI is InChI=1S/C22H38N2S3/c1-5-6-7-8-9-10-11-12-13-14-15-16-20(25)24-21-19(26-3)17-18(2)23-22(21)27-4/h17H,5-16H2,1-4H3,(H,24,25). The van der Waals surface area contributed by atoms with Crippen LogP contribution >= 0.6 is 35.7 Å². The van der Waals surface area contributed by atoms with Gasteiger partial charge in [-0.25, -0.2) is 4.98 Å². The molecule has 27 heavy (non-hydrogen) atoms. The number of rotatable bonds is 15. The van der Waals surface area contributed by atoms with Crippen molar-refractivity contribution in [3.8, 4) is 0 Å². The van der Waals surface area contributed by atoms with Gasteiger partial charge in [-0.05, 0) is 38.3 Å². The third kappa shape index (κ3) is 10.7. The van der Waals surface area contributed by atoms with Crippen LogP contribution in [-0.4, -0.2) is 22.5 Å². The maximum Gasteiger partial charge on any atom is 0.121 e. The smallest absolute Gasteiger partial charge is 0.121 e. The summed E-state index contributed by atoms with van der Waals surface area (Å²) in [6, 6.07) is 2.14. The lowest BCUT2D eigenvalue weighted by atomic mass is 10.1. The van der Waals surface area contributed by atoms with Gasteiger partial charge in [0.25, 0.3) is 0 Å². The Balaban J connectivity index is 2.20. The van der Waals surface area contributed by atoms with Crippen molar-refractivity contribution in [2.45, 2.75) is 101 Å². The lowest BCUT2D eigenvalue weighted by Crippen LogP contribution is -2.11.